The molecule has 5 heterocycles. The second kappa shape index (κ2) is 17.1. The van der Waals surface area contributed by atoms with Gasteiger partial charge in [-0.15, -0.1) is 0 Å². The quantitative estimate of drug-likeness (QED) is 0.144. The lowest BCUT2D eigenvalue weighted by Crippen LogP contribution is -1.95. The molecule has 0 aliphatic carbocycles. The summed E-state index contributed by atoms with van der Waals surface area (Å²) in [5, 5.41) is 0. The van der Waals surface area contributed by atoms with Crippen LogP contribution in [0, 0.1) is 0 Å². The molecule has 2 N–H and O–H groups in total. The SMILES string of the molecule is C1=Cc2nc1c(-c1ccccc1)c1ccc([nH]1)c(-c1ccc(OCc3ccccc3)cc1)c1nc(c(-c3ccc(OCc4ccccc4)cc3)c3ccc([nH]3)c2-c2ccccc2)C=C1. The molecule has 0 spiro atoms. The molecule has 0 saturated heterocycles. The van der Waals surface area contributed by atoms with Crippen LogP contribution < -0.4 is 9.47 Å². The highest BCUT2D eigenvalue weighted by molar-refractivity contribution is 5.99. The molecule has 0 atom stereocenters. The van der Waals surface area contributed by atoms with E-state index in [1.807, 2.05) is 72.8 Å². The molecule has 0 saturated carbocycles. The largest absolute Gasteiger partial charge is 0.489 e. The first kappa shape index (κ1) is 38.4. The first-order chi connectivity index (χ1) is 31.7. The van der Waals surface area contributed by atoms with Gasteiger partial charge in [-0.2, -0.15) is 0 Å². The van der Waals surface area contributed by atoms with Crippen LogP contribution in [-0.2, 0) is 13.2 Å². The number of nitrogens with one attached hydrogen (secondary N) is 2. The fraction of sp³-hybridized carbons (Fsp3) is 0.0345. The Balaban J connectivity index is 1.14. The first-order valence-electron chi connectivity index (χ1n) is 21.5. The van der Waals surface area contributed by atoms with Crippen molar-refractivity contribution in [3.63, 3.8) is 0 Å². The summed E-state index contributed by atoms with van der Waals surface area (Å²) in [6, 6.07) is 66.7. The topological polar surface area (TPSA) is 75.8 Å². The van der Waals surface area contributed by atoms with Crippen molar-refractivity contribution in [1.82, 2.24) is 19.9 Å². The Morgan fingerprint density at radius 2 is 0.578 bits per heavy atom. The van der Waals surface area contributed by atoms with Crippen LogP contribution in [0.5, 0.6) is 11.5 Å². The van der Waals surface area contributed by atoms with Gasteiger partial charge in [0.1, 0.15) is 24.7 Å². The van der Waals surface area contributed by atoms with E-state index in [1.54, 1.807) is 0 Å². The minimum absolute atomic E-state index is 0.490. The number of rotatable bonds is 10. The maximum Gasteiger partial charge on any atom is 0.119 e. The first-order valence-corrected chi connectivity index (χ1v) is 21.5. The van der Waals surface area contributed by atoms with Crippen LogP contribution in [-0.4, -0.2) is 19.9 Å². The van der Waals surface area contributed by atoms with Gasteiger partial charge < -0.3 is 19.4 Å². The number of fused-ring (bicyclic) bond motifs is 8. The predicted octanol–water partition coefficient (Wildman–Crippen LogP) is 14.5. The molecule has 6 nitrogen and oxygen atoms in total. The standard InChI is InChI=1S/C58H42N4O2/c1-5-13-39(14-6-1)37-63-45-25-21-43(22-26-45)57-51-33-31-49(60-51)55(41-17-9-3-10-18-41)47-29-30-48(59-47)56(42-19-11-4-12-20-42)50-32-34-52(61-50)58(54-36-35-53(57)62-54)44-23-27-46(28-24-44)64-38-40-15-7-2-8-16-40/h1-36,60-61H,37-38H2. The van der Waals surface area contributed by atoms with E-state index in [4.69, 9.17) is 19.4 Å². The highest BCUT2D eigenvalue weighted by atomic mass is 16.5. The van der Waals surface area contributed by atoms with Crippen molar-refractivity contribution in [3.05, 3.63) is 228 Å². The smallest absolute Gasteiger partial charge is 0.119 e. The molecule has 0 radical (unpaired) electrons. The monoisotopic (exact) mass is 826 g/mol. The summed E-state index contributed by atoms with van der Waals surface area (Å²) in [5.74, 6) is 1.59. The molecule has 8 bridgehead atoms. The number of aromatic amines is 2. The zero-order valence-corrected chi connectivity index (χ0v) is 34.9. The molecule has 0 amide bonds. The average Bonchev–Trinajstić information content (AvgIpc) is 4.21. The number of H-pyrrole nitrogens is 2. The number of nitrogens with zero attached hydrogens (tertiary/aromatic N) is 2. The van der Waals surface area contributed by atoms with E-state index in [-0.39, 0.29) is 0 Å². The lowest BCUT2D eigenvalue weighted by atomic mass is 10.0. The second-order valence-corrected chi connectivity index (χ2v) is 15.8. The minimum atomic E-state index is 0.490. The van der Waals surface area contributed by atoms with Crippen LogP contribution in [0.15, 0.2) is 194 Å². The summed E-state index contributed by atoms with van der Waals surface area (Å²) >= 11 is 0. The molecule has 2 aliphatic rings. The molecule has 11 rings (SSSR count). The van der Waals surface area contributed by atoms with Crippen molar-refractivity contribution in [2.75, 3.05) is 0 Å². The Morgan fingerprint density at radius 1 is 0.297 bits per heavy atom. The third-order valence-corrected chi connectivity index (χ3v) is 11.7. The van der Waals surface area contributed by atoms with Crippen LogP contribution in [0.1, 0.15) is 33.9 Å². The lowest BCUT2D eigenvalue weighted by Gasteiger charge is -2.09. The van der Waals surface area contributed by atoms with E-state index in [0.29, 0.717) is 13.2 Å². The van der Waals surface area contributed by atoms with Crippen molar-refractivity contribution in [3.8, 4) is 56.0 Å². The normalized spacial score (nSPS) is 11.8. The van der Waals surface area contributed by atoms with Gasteiger partial charge in [0.05, 0.1) is 22.8 Å². The summed E-state index contributed by atoms with van der Waals surface area (Å²) in [7, 11) is 0. The third-order valence-electron chi connectivity index (χ3n) is 11.7. The summed E-state index contributed by atoms with van der Waals surface area (Å²) in [6.07, 6.45) is 8.51. The molecule has 0 unspecified atom stereocenters. The zero-order valence-electron chi connectivity index (χ0n) is 34.9. The van der Waals surface area contributed by atoms with Gasteiger partial charge in [0, 0.05) is 44.3 Å². The molecule has 64 heavy (non-hydrogen) atoms. The van der Waals surface area contributed by atoms with Crippen molar-refractivity contribution in [2.24, 2.45) is 0 Å². The van der Waals surface area contributed by atoms with Gasteiger partial charge in [-0.1, -0.05) is 146 Å². The number of aromatic nitrogens is 4. The van der Waals surface area contributed by atoms with E-state index >= 15 is 0 Å². The Kier molecular flexibility index (Phi) is 10.3. The van der Waals surface area contributed by atoms with Gasteiger partial charge in [-0.05, 0) is 106 Å². The summed E-state index contributed by atoms with van der Waals surface area (Å²) < 4.78 is 12.5. The van der Waals surface area contributed by atoms with Crippen LogP contribution in [0.4, 0.5) is 0 Å². The van der Waals surface area contributed by atoms with Crippen molar-refractivity contribution in [2.45, 2.75) is 13.2 Å². The fourth-order valence-corrected chi connectivity index (χ4v) is 8.55. The molecule has 6 aromatic carbocycles. The van der Waals surface area contributed by atoms with E-state index in [1.165, 1.54) is 0 Å². The molecule has 0 fully saturated rings. The van der Waals surface area contributed by atoms with Crippen molar-refractivity contribution in [1.29, 1.82) is 0 Å². The average molecular weight is 827 g/mol. The molecule has 6 heteroatoms. The molecular weight excluding hydrogens is 785 g/mol. The zero-order chi connectivity index (χ0) is 42.7. The molecule has 3 aromatic heterocycles. The van der Waals surface area contributed by atoms with Crippen LogP contribution >= 0.6 is 0 Å². The van der Waals surface area contributed by atoms with Gasteiger partial charge in [-0.25, -0.2) is 9.97 Å². The van der Waals surface area contributed by atoms with E-state index < -0.39 is 0 Å². The summed E-state index contributed by atoms with van der Waals surface area (Å²) in [5.41, 5.74) is 17.6. The summed E-state index contributed by atoms with van der Waals surface area (Å²) in [4.78, 5) is 18.6. The number of hydrogen-bond donors (Lipinski definition) is 2. The van der Waals surface area contributed by atoms with E-state index in [2.05, 4.69) is 156 Å². The molecule has 306 valence electrons. The fourth-order valence-electron chi connectivity index (χ4n) is 8.55. The number of benzene rings is 6. The van der Waals surface area contributed by atoms with Gasteiger partial charge in [0.25, 0.3) is 0 Å². The maximum absolute atomic E-state index is 6.23. The third kappa shape index (κ3) is 7.81. The molecular formula is C58H42N4O2. The second-order valence-electron chi connectivity index (χ2n) is 15.8. The van der Waals surface area contributed by atoms with Gasteiger partial charge >= 0.3 is 0 Å². The number of ether oxygens (including phenoxy) is 2. The van der Waals surface area contributed by atoms with E-state index in [0.717, 1.165) is 112 Å². The van der Waals surface area contributed by atoms with Crippen molar-refractivity contribution < 1.29 is 9.47 Å². The number of hydrogen-bond acceptors (Lipinski definition) is 4. The van der Waals surface area contributed by atoms with Gasteiger partial charge in [-0.3, -0.25) is 0 Å². The molecule has 9 aromatic rings. The highest BCUT2D eigenvalue weighted by Crippen LogP contribution is 2.39. The lowest BCUT2D eigenvalue weighted by molar-refractivity contribution is 0.306. The predicted molar refractivity (Wildman–Crippen MR) is 262 cm³/mol. The summed E-state index contributed by atoms with van der Waals surface area (Å²) in [6.45, 7) is 0.980. The highest BCUT2D eigenvalue weighted by Gasteiger charge is 2.19. The Hall–Kier alpha value is -8.48. The molecule has 2 aliphatic heterocycles. The van der Waals surface area contributed by atoms with Crippen LogP contribution in [0.2, 0.25) is 0 Å². The Morgan fingerprint density at radius 3 is 0.891 bits per heavy atom. The van der Waals surface area contributed by atoms with Crippen LogP contribution in [0.25, 0.3) is 90.9 Å². The Labute approximate surface area is 371 Å². The van der Waals surface area contributed by atoms with Crippen molar-refractivity contribution >= 4 is 46.4 Å². The minimum Gasteiger partial charge on any atom is -0.489 e. The Bertz CT molecular complexity index is 3110. The van der Waals surface area contributed by atoms with Gasteiger partial charge in [0.15, 0.2) is 0 Å². The van der Waals surface area contributed by atoms with Crippen LogP contribution in [0.3, 0.4) is 0 Å². The van der Waals surface area contributed by atoms with E-state index in [9.17, 15) is 0 Å². The maximum atomic E-state index is 6.23. The van der Waals surface area contributed by atoms with Gasteiger partial charge in [0.2, 0.25) is 0 Å².